The molecule has 2 aliphatic heterocycles. The summed E-state index contributed by atoms with van der Waals surface area (Å²) in [5.41, 5.74) is 5.40. The highest BCUT2D eigenvalue weighted by atomic mass is 16.5. The first-order chi connectivity index (χ1) is 16.9. The Morgan fingerprint density at radius 2 is 1.77 bits per heavy atom. The van der Waals surface area contributed by atoms with Crippen molar-refractivity contribution in [2.75, 3.05) is 19.7 Å². The summed E-state index contributed by atoms with van der Waals surface area (Å²) < 4.78 is 12.5. The Labute approximate surface area is 208 Å². The van der Waals surface area contributed by atoms with Crippen LogP contribution in [0.1, 0.15) is 49.3 Å². The molecule has 180 valence electrons. The molecule has 0 N–H and O–H groups in total. The molecule has 1 fully saturated rings. The minimum absolute atomic E-state index is 0.0313. The standard InChI is InChI=1S/C31H33NO3/c1-22(2)27-11-9-23(3)19-29(27)34-21-30(33)32-17-15-31(16-18-32)14-13-26-20-25(10-12-28(26)35-31)24-7-5-4-6-8-24/h4-14,19-20,22H,15-18,21H2,1-3H3. The Bertz CT molecular complexity index is 1240. The van der Waals surface area contributed by atoms with Gasteiger partial charge in [0.2, 0.25) is 0 Å². The summed E-state index contributed by atoms with van der Waals surface area (Å²) in [5, 5.41) is 0. The summed E-state index contributed by atoms with van der Waals surface area (Å²) in [6.07, 6.45) is 5.91. The maximum absolute atomic E-state index is 12.9. The first kappa shape index (κ1) is 23.2. The predicted molar refractivity (Wildman–Crippen MR) is 141 cm³/mol. The normalized spacial score (nSPS) is 16.2. The fraction of sp³-hybridized carbons (Fsp3) is 0.323. The fourth-order valence-corrected chi connectivity index (χ4v) is 4.95. The van der Waals surface area contributed by atoms with Gasteiger partial charge in [-0.25, -0.2) is 0 Å². The minimum Gasteiger partial charge on any atom is -0.483 e. The number of fused-ring (bicyclic) bond motifs is 1. The maximum atomic E-state index is 12.9. The van der Waals surface area contributed by atoms with E-state index >= 15 is 0 Å². The summed E-state index contributed by atoms with van der Waals surface area (Å²) in [4.78, 5) is 14.8. The van der Waals surface area contributed by atoms with Gasteiger partial charge in [0.25, 0.3) is 5.91 Å². The van der Waals surface area contributed by atoms with E-state index in [0.29, 0.717) is 19.0 Å². The van der Waals surface area contributed by atoms with Crippen LogP contribution in [0.4, 0.5) is 0 Å². The molecule has 2 aliphatic rings. The van der Waals surface area contributed by atoms with Crippen LogP contribution >= 0.6 is 0 Å². The van der Waals surface area contributed by atoms with Gasteiger partial charge in [0.05, 0.1) is 0 Å². The third-order valence-electron chi connectivity index (χ3n) is 7.10. The van der Waals surface area contributed by atoms with Crippen molar-refractivity contribution in [2.45, 2.75) is 45.1 Å². The number of aryl methyl sites for hydroxylation is 1. The second-order valence-electron chi connectivity index (χ2n) is 9.98. The number of benzene rings is 3. The first-order valence-corrected chi connectivity index (χ1v) is 12.5. The van der Waals surface area contributed by atoms with Crippen LogP contribution in [0.25, 0.3) is 17.2 Å². The van der Waals surface area contributed by atoms with Gasteiger partial charge in [-0.05, 0) is 59.4 Å². The lowest BCUT2D eigenvalue weighted by Crippen LogP contribution is -2.50. The van der Waals surface area contributed by atoms with Crippen molar-refractivity contribution in [3.8, 4) is 22.6 Å². The second-order valence-corrected chi connectivity index (χ2v) is 9.98. The topological polar surface area (TPSA) is 38.8 Å². The monoisotopic (exact) mass is 467 g/mol. The van der Waals surface area contributed by atoms with E-state index in [1.54, 1.807) is 0 Å². The van der Waals surface area contributed by atoms with E-state index < -0.39 is 0 Å². The van der Waals surface area contributed by atoms with Crippen LogP contribution in [-0.2, 0) is 4.79 Å². The number of piperidine rings is 1. The average Bonchev–Trinajstić information content (AvgIpc) is 2.88. The SMILES string of the molecule is Cc1ccc(C(C)C)c(OCC(=O)N2CCC3(C=Cc4cc(-c5ccccc5)ccc4O3)CC2)c1. The summed E-state index contributed by atoms with van der Waals surface area (Å²) in [7, 11) is 0. The van der Waals surface area contributed by atoms with E-state index in [1.165, 1.54) is 11.1 Å². The van der Waals surface area contributed by atoms with Gasteiger partial charge in [-0.2, -0.15) is 0 Å². The molecule has 0 bridgehead atoms. The Hall–Kier alpha value is -3.53. The zero-order valence-corrected chi connectivity index (χ0v) is 20.8. The predicted octanol–water partition coefficient (Wildman–Crippen LogP) is 6.63. The molecule has 1 amide bonds. The minimum atomic E-state index is -0.347. The zero-order chi connectivity index (χ0) is 24.4. The third kappa shape index (κ3) is 4.97. The van der Waals surface area contributed by atoms with Crippen molar-refractivity contribution in [3.63, 3.8) is 0 Å². The molecule has 3 aromatic rings. The zero-order valence-electron chi connectivity index (χ0n) is 20.8. The average molecular weight is 468 g/mol. The summed E-state index contributed by atoms with van der Waals surface area (Å²) in [5.74, 6) is 2.10. The molecule has 4 heteroatoms. The van der Waals surface area contributed by atoms with Gasteiger partial charge in [-0.3, -0.25) is 4.79 Å². The van der Waals surface area contributed by atoms with Crippen LogP contribution in [0.3, 0.4) is 0 Å². The van der Waals surface area contributed by atoms with Crippen LogP contribution < -0.4 is 9.47 Å². The van der Waals surface area contributed by atoms with E-state index in [-0.39, 0.29) is 18.1 Å². The second kappa shape index (κ2) is 9.61. The number of carbonyl (C=O) groups excluding carboxylic acids is 1. The molecule has 1 spiro atoms. The molecule has 0 aromatic heterocycles. The smallest absolute Gasteiger partial charge is 0.260 e. The molecule has 0 atom stereocenters. The highest BCUT2D eigenvalue weighted by molar-refractivity contribution is 5.78. The van der Waals surface area contributed by atoms with Crippen molar-refractivity contribution >= 4 is 12.0 Å². The lowest BCUT2D eigenvalue weighted by Gasteiger charge is -2.42. The quantitative estimate of drug-likeness (QED) is 0.423. The van der Waals surface area contributed by atoms with Gasteiger partial charge >= 0.3 is 0 Å². The number of nitrogens with zero attached hydrogens (tertiary/aromatic N) is 1. The van der Waals surface area contributed by atoms with Crippen LogP contribution in [0.2, 0.25) is 0 Å². The highest BCUT2D eigenvalue weighted by Gasteiger charge is 2.38. The molecule has 3 aromatic carbocycles. The Balaban J connectivity index is 1.20. The number of likely N-dealkylation sites (tertiary alicyclic amines) is 1. The van der Waals surface area contributed by atoms with Crippen molar-refractivity contribution in [1.29, 1.82) is 0 Å². The molecule has 0 radical (unpaired) electrons. The molecular weight excluding hydrogens is 434 g/mol. The molecule has 5 rings (SSSR count). The van der Waals surface area contributed by atoms with Crippen molar-refractivity contribution in [2.24, 2.45) is 0 Å². The number of carbonyl (C=O) groups is 1. The lowest BCUT2D eigenvalue weighted by atomic mass is 9.87. The Morgan fingerprint density at radius 3 is 2.51 bits per heavy atom. The molecule has 0 aliphatic carbocycles. The highest BCUT2D eigenvalue weighted by Crippen LogP contribution is 2.39. The lowest BCUT2D eigenvalue weighted by molar-refractivity contribution is -0.136. The molecule has 4 nitrogen and oxygen atoms in total. The maximum Gasteiger partial charge on any atom is 0.260 e. The number of hydrogen-bond donors (Lipinski definition) is 0. The van der Waals surface area contributed by atoms with Crippen LogP contribution in [0.5, 0.6) is 11.5 Å². The Kier molecular flexibility index (Phi) is 6.38. The van der Waals surface area contributed by atoms with E-state index in [4.69, 9.17) is 9.47 Å². The molecule has 35 heavy (non-hydrogen) atoms. The van der Waals surface area contributed by atoms with E-state index in [2.05, 4.69) is 80.6 Å². The van der Waals surface area contributed by atoms with E-state index in [1.807, 2.05) is 24.0 Å². The van der Waals surface area contributed by atoms with Gasteiger partial charge in [0.1, 0.15) is 17.1 Å². The third-order valence-corrected chi connectivity index (χ3v) is 7.10. The molecule has 0 unspecified atom stereocenters. The van der Waals surface area contributed by atoms with E-state index in [0.717, 1.165) is 41.0 Å². The number of rotatable bonds is 5. The molecule has 2 heterocycles. The van der Waals surface area contributed by atoms with Crippen molar-refractivity contribution in [3.05, 3.63) is 89.5 Å². The number of ether oxygens (including phenoxy) is 2. The van der Waals surface area contributed by atoms with Crippen LogP contribution in [-0.4, -0.2) is 36.1 Å². The van der Waals surface area contributed by atoms with Crippen molar-refractivity contribution in [1.82, 2.24) is 4.90 Å². The summed E-state index contributed by atoms with van der Waals surface area (Å²) in [6.45, 7) is 7.71. The van der Waals surface area contributed by atoms with Gasteiger partial charge < -0.3 is 14.4 Å². The van der Waals surface area contributed by atoms with Crippen LogP contribution in [0.15, 0.2) is 72.8 Å². The van der Waals surface area contributed by atoms with E-state index in [9.17, 15) is 4.79 Å². The van der Waals surface area contributed by atoms with Gasteiger partial charge in [0, 0.05) is 31.5 Å². The largest absolute Gasteiger partial charge is 0.483 e. The molecule has 0 saturated carbocycles. The van der Waals surface area contributed by atoms with Crippen molar-refractivity contribution < 1.29 is 14.3 Å². The van der Waals surface area contributed by atoms with Crippen LogP contribution in [0, 0.1) is 6.92 Å². The number of hydrogen-bond acceptors (Lipinski definition) is 3. The molecule has 1 saturated heterocycles. The summed E-state index contributed by atoms with van der Waals surface area (Å²) in [6, 6.07) is 23.0. The summed E-state index contributed by atoms with van der Waals surface area (Å²) >= 11 is 0. The number of amides is 1. The van der Waals surface area contributed by atoms with Gasteiger partial charge in [-0.1, -0.05) is 68.5 Å². The Morgan fingerprint density at radius 1 is 1.00 bits per heavy atom. The van der Waals surface area contributed by atoms with Gasteiger partial charge in [0.15, 0.2) is 6.61 Å². The van der Waals surface area contributed by atoms with Gasteiger partial charge in [-0.15, -0.1) is 0 Å². The molecular formula is C31H33NO3. The fourth-order valence-electron chi connectivity index (χ4n) is 4.95. The first-order valence-electron chi connectivity index (χ1n) is 12.5.